The van der Waals surface area contributed by atoms with Gasteiger partial charge in [-0.15, -0.1) is 4.99 Å². The summed E-state index contributed by atoms with van der Waals surface area (Å²) in [5.74, 6) is -1.38. The smallest absolute Gasteiger partial charge is 0.336 e. The molecule has 1 unspecified atom stereocenters. The molecule has 0 bridgehead atoms. The van der Waals surface area contributed by atoms with Crippen LogP contribution >= 0.6 is 0 Å². The summed E-state index contributed by atoms with van der Waals surface area (Å²) in [6.45, 7) is 4.12. The van der Waals surface area contributed by atoms with E-state index < -0.39 is 12.1 Å². The number of nitrogens with one attached hydrogen (secondary N) is 1. The number of hydroxylamine groups is 1. The fourth-order valence-electron chi connectivity index (χ4n) is 1.85. The molecule has 0 rings (SSSR count). The average Bonchev–Trinajstić information content (AvgIpc) is 2.46. The van der Waals surface area contributed by atoms with E-state index in [1.54, 1.807) is 0 Å². The molecule has 124 valence electrons. The lowest BCUT2D eigenvalue weighted by Crippen LogP contribution is -2.30. The molecule has 0 spiro atoms. The molecule has 21 heavy (non-hydrogen) atoms. The van der Waals surface area contributed by atoms with E-state index in [1.165, 1.54) is 19.3 Å². The van der Waals surface area contributed by atoms with E-state index in [9.17, 15) is 9.59 Å². The van der Waals surface area contributed by atoms with Crippen LogP contribution in [0.25, 0.3) is 0 Å². The number of unbranched alkanes of at least 4 members (excludes halogenated alkanes) is 6. The summed E-state index contributed by atoms with van der Waals surface area (Å²) in [6, 6.07) is 0. The van der Waals surface area contributed by atoms with Crippen molar-refractivity contribution >= 4 is 11.9 Å². The highest BCUT2D eigenvalue weighted by Gasteiger charge is 2.19. The molecule has 6 heteroatoms. The summed E-state index contributed by atoms with van der Waals surface area (Å²) in [6.07, 6.45) is 7.88. The molecule has 0 aromatic heterocycles. The Morgan fingerprint density at radius 3 is 2.24 bits per heavy atom. The lowest BCUT2D eigenvalue weighted by Gasteiger charge is -2.11. The van der Waals surface area contributed by atoms with E-state index in [1.807, 2.05) is 6.92 Å². The number of carbonyl (C=O) groups is 2. The fourth-order valence-corrected chi connectivity index (χ4v) is 1.85. The van der Waals surface area contributed by atoms with E-state index in [2.05, 4.69) is 17.4 Å². The Morgan fingerprint density at radius 1 is 1.00 bits per heavy atom. The third kappa shape index (κ3) is 12.3. The Balaban J connectivity index is 3.60. The van der Waals surface area contributed by atoms with Gasteiger partial charge in [0.1, 0.15) is 0 Å². The molecule has 0 aliphatic heterocycles. The highest BCUT2D eigenvalue weighted by molar-refractivity contribution is 5.74. The second kappa shape index (κ2) is 13.8. The zero-order valence-electron chi connectivity index (χ0n) is 13.2. The van der Waals surface area contributed by atoms with Gasteiger partial charge in [0.05, 0.1) is 0 Å². The number of carbonyl (C=O) groups excluding carboxylic acids is 1. The van der Waals surface area contributed by atoms with E-state index >= 15 is 0 Å². The SMILES string of the molecule is CCCCCCCCC(=O)NOOC(CCCC)C(=O)O. The molecule has 0 saturated heterocycles. The number of aliphatic carboxylic acids is 1. The number of rotatable bonds is 14. The number of carboxylic acids is 1. The van der Waals surface area contributed by atoms with Crippen molar-refractivity contribution in [2.75, 3.05) is 0 Å². The Hall–Kier alpha value is -1.14. The van der Waals surface area contributed by atoms with Crippen LogP contribution in [-0.2, 0) is 19.5 Å². The maximum Gasteiger partial charge on any atom is 0.336 e. The molecule has 0 aromatic rings. The van der Waals surface area contributed by atoms with E-state index in [0.29, 0.717) is 12.8 Å². The number of hydrogen-bond acceptors (Lipinski definition) is 4. The number of carboxylic acid groups (broad SMARTS) is 1. The van der Waals surface area contributed by atoms with Gasteiger partial charge in [0.25, 0.3) is 0 Å². The first-order chi connectivity index (χ1) is 10.1. The van der Waals surface area contributed by atoms with Crippen LogP contribution in [-0.4, -0.2) is 23.1 Å². The summed E-state index contributed by atoms with van der Waals surface area (Å²) in [4.78, 5) is 31.5. The molecule has 2 N–H and O–H groups in total. The zero-order chi connectivity index (χ0) is 15.9. The molecular formula is C15H29NO5. The van der Waals surface area contributed by atoms with Crippen LogP contribution in [0.1, 0.15) is 78.1 Å². The molecular weight excluding hydrogens is 274 g/mol. The van der Waals surface area contributed by atoms with Crippen molar-refractivity contribution in [3.05, 3.63) is 0 Å². The van der Waals surface area contributed by atoms with Gasteiger partial charge in [-0.2, -0.15) is 4.89 Å². The molecule has 0 fully saturated rings. The second-order valence-corrected chi connectivity index (χ2v) is 5.19. The van der Waals surface area contributed by atoms with Crippen molar-refractivity contribution in [1.29, 1.82) is 0 Å². The van der Waals surface area contributed by atoms with Gasteiger partial charge in [0.2, 0.25) is 5.91 Å². The minimum atomic E-state index is -1.09. The standard InChI is InChI=1S/C15H29NO5/c1-3-5-7-8-9-10-12-14(17)16-21-20-13(15(18)19)11-6-4-2/h13H,3-12H2,1-2H3,(H,16,17)(H,18,19). The van der Waals surface area contributed by atoms with Gasteiger partial charge in [0, 0.05) is 6.42 Å². The first-order valence-electron chi connectivity index (χ1n) is 7.95. The fraction of sp³-hybridized carbons (Fsp3) is 0.867. The van der Waals surface area contributed by atoms with Gasteiger partial charge < -0.3 is 5.11 Å². The highest BCUT2D eigenvalue weighted by Crippen LogP contribution is 2.07. The monoisotopic (exact) mass is 303 g/mol. The van der Waals surface area contributed by atoms with Crippen molar-refractivity contribution in [1.82, 2.24) is 5.48 Å². The van der Waals surface area contributed by atoms with Crippen LogP contribution < -0.4 is 5.48 Å². The number of amides is 1. The maximum absolute atomic E-state index is 11.4. The predicted molar refractivity (Wildman–Crippen MR) is 79.3 cm³/mol. The van der Waals surface area contributed by atoms with Gasteiger partial charge in [0.15, 0.2) is 6.10 Å². The Bertz CT molecular complexity index is 283. The lowest BCUT2D eigenvalue weighted by atomic mass is 10.1. The first kappa shape index (κ1) is 19.9. The number of hydrogen-bond donors (Lipinski definition) is 2. The summed E-state index contributed by atoms with van der Waals surface area (Å²) in [5.41, 5.74) is 2.12. The summed E-state index contributed by atoms with van der Waals surface area (Å²) >= 11 is 0. The summed E-state index contributed by atoms with van der Waals surface area (Å²) < 4.78 is 0. The zero-order valence-corrected chi connectivity index (χ0v) is 13.2. The van der Waals surface area contributed by atoms with Gasteiger partial charge in [-0.3, -0.25) is 4.79 Å². The van der Waals surface area contributed by atoms with Gasteiger partial charge in [-0.05, 0) is 12.8 Å². The minimum absolute atomic E-state index is 0.287. The molecule has 0 aliphatic carbocycles. The average molecular weight is 303 g/mol. The van der Waals surface area contributed by atoms with Crippen molar-refractivity contribution in [2.45, 2.75) is 84.2 Å². The van der Waals surface area contributed by atoms with Crippen LogP contribution in [0.15, 0.2) is 0 Å². The third-order valence-electron chi connectivity index (χ3n) is 3.17. The van der Waals surface area contributed by atoms with Gasteiger partial charge in [-0.25, -0.2) is 10.3 Å². The van der Waals surface area contributed by atoms with Crippen LogP contribution in [0.3, 0.4) is 0 Å². The van der Waals surface area contributed by atoms with Crippen molar-refractivity contribution < 1.29 is 24.6 Å². The minimum Gasteiger partial charge on any atom is -0.479 e. The first-order valence-corrected chi connectivity index (χ1v) is 7.95. The normalized spacial score (nSPS) is 12.1. The van der Waals surface area contributed by atoms with Gasteiger partial charge >= 0.3 is 5.97 Å². The van der Waals surface area contributed by atoms with E-state index in [-0.39, 0.29) is 5.91 Å². The van der Waals surface area contributed by atoms with Crippen molar-refractivity contribution in [3.8, 4) is 0 Å². The molecule has 0 aromatic carbocycles. The highest BCUT2D eigenvalue weighted by atomic mass is 17.3. The molecule has 0 heterocycles. The van der Waals surface area contributed by atoms with Crippen LogP contribution in [0, 0.1) is 0 Å². The Kier molecular flexibility index (Phi) is 13.1. The van der Waals surface area contributed by atoms with E-state index in [4.69, 9.17) is 9.99 Å². The molecule has 1 atom stereocenters. The predicted octanol–water partition coefficient (Wildman–Crippen LogP) is 3.36. The van der Waals surface area contributed by atoms with Crippen molar-refractivity contribution in [2.24, 2.45) is 0 Å². The molecule has 1 amide bonds. The maximum atomic E-state index is 11.4. The quantitative estimate of drug-likeness (QED) is 0.292. The summed E-state index contributed by atoms with van der Waals surface area (Å²) in [7, 11) is 0. The van der Waals surface area contributed by atoms with E-state index in [0.717, 1.165) is 32.1 Å². The summed E-state index contributed by atoms with van der Waals surface area (Å²) in [5, 5.41) is 8.89. The third-order valence-corrected chi connectivity index (χ3v) is 3.17. The molecule has 0 aliphatic rings. The topological polar surface area (TPSA) is 84.9 Å². The molecule has 0 radical (unpaired) electrons. The van der Waals surface area contributed by atoms with Gasteiger partial charge in [-0.1, -0.05) is 58.8 Å². The second-order valence-electron chi connectivity index (χ2n) is 5.19. The Morgan fingerprint density at radius 2 is 1.62 bits per heavy atom. The molecule has 6 nitrogen and oxygen atoms in total. The Labute approximate surface area is 127 Å². The van der Waals surface area contributed by atoms with Crippen LogP contribution in [0.2, 0.25) is 0 Å². The van der Waals surface area contributed by atoms with Crippen LogP contribution in [0.5, 0.6) is 0 Å². The lowest BCUT2D eigenvalue weighted by molar-refractivity contribution is -0.350. The molecule has 0 saturated carbocycles. The van der Waals surface area contributed by atoms with Crippen LogP contribution in [0.4, 0.5) is 0 Å². The van der Waals surface area contributed by atoms with Crippen molar-refractivity contribution in [3.63, 3.8) is 0 Å². The largest absolute Gasteiger partial charge is 0.479 e.